The second-order valence-electron chi connectivity index (χ2n) is 10.5. The van der Waals surface area contributed by atoms with Gasteiger partial charge in [-0.25, -0.2) is 5.43 Å². The molecule has 7 nitrogen and oxygen atoms in total. The van der Waals surface area contributed by atoms with E-state index in [2.05, 4.69) is 50.7 Å². The van der Waals surface area contributed by atoms with Crippen LogP contribution in [-0.2, 0) is 19.7 Å². The average molecular weight is 597 g/mol. The van der Waals surface area contributed by atoms with Gasteiger partial charge in [0.2, 0.25) is 0 Å². The Morgan fingerprint density at radius 3 is 2.14 bits per heavy atom. The van der Waals surface area contributed by atoms with Crippen molar-refractivity contribution in [1.82, 2.24) is 15.2 Å². The van der Waals surface area contributed by atoms with Crippen molar-refractivity contribution in [3.05, 3.63) is 130 Å². The van der Waals surface area contributed by atoms with Gasteiger partial charge >= 0.3 is 0 Å². The molecule has 8 heteroatoms. The first-order valence-corrected chi connectivity index (χ1v) is 15.0. The second kappa shape index (κ2) is 15.3. The highest BCUT2D eigenvalue weighted by atomic mass is 35.5. The lowest BCUT2D eigenvalue weighted by Gasteiger charge is -2.34. The smallest absolute Gasteiger partial charge is 0.271 e. The third-order valence-electron chi connectivity index (χ3n) is 7.27. The molecule has 0 atom stereocenters. The van der Waals surface area contributed by atoms with E-state index in [4.69, 9.17) is 21.1 Å². The molecular formula is C35H37ClN4O3. The third-order valence-corrected chi connectivity index (χ3v) is 7.50. The number of rotatable bonds is 12. The third kappa shape index (κ3) is 9.16. The molecule has 1 saturated heterocycles. The van der Waals surface area contributed by atoms with Crippen LogP contribution >= 0.6 is 11.6 Å². The Morgan fingerprint density at radius 2 is 1.47 bits per heavy atom. The number of piperazine rings is 1. The number of hydrogen-bond acceptors (Lipinski definition) is 6. The number of carbonyl (C=O) groups excluding carboxylic acids is 1. The van der Waals surface area contributed by atoms with E-state index in [0.717, 1.165) is 50.4 Å². The van der Waals surface area contributed by atoms with E-state index in [-0.39, 0.29) is 5.91 Å². The zero-order chi connectivity index (χ0) is 29.9. The Hall–Kier alpha value is -4.17. The van der Waals surface area contributed by atoms with Crippen LogP contribution in [0.5, 0.6) is 11.5 Å². The molecule has 0 bridgehead atoms. The molecule has 1 amide bonds. The van der Waals surface area contributed by atoms with Crippen LogP contribution in [0, 0.1) is 0 Å². The summed E-state index contributed by atoms with van der Waals surface area (Å²) in [6.07, 6.45) is 1.59. The highest BCUT2D eigenvalue weighted by Gasteiger charge is 2.17. The molecule has 1 fully saturated rings. The molecule has 0 radical (unpaired) electrons. The highest BCUT2D eigenvalue weighted by molar-refractivity contribution is 6.30. The number of benzene rings is 4. The summed E-state index contributed by atoms with van der Waals surface area (Å²) in [5.74, 6) is 0.967. The maximum atomic E-state index is 12.7. The molecule has 0 saturated carbocycles. The van der Waals surface area contributed by atoms with Crippen LogP contribution in [0.15, 0.2) is 102 Å². The van der Waals surface area contributed by atoms with E-state index in [1.165, 1.54) is 11.1 Å². The van der Waals surface area contributed by atoms with Gasteiger partial charge in [0.25, 0.3) is 5.91 Å². The van der Waals surface area contributed by atoms with Gasteiger partial charge < -0.3 is 9.47 Å². The molecule has 43 heavy (non-hydrogen) atoms. The van der Waals surface area contributed by atoms with E-state index >= 15 is 0 Å². The maximum absolute atomic E-state index is 12.7. The summed E-state index contributed by atoms with van der Waals surface area (Å²) in [7, 11) is 0. The fraction of sp³-hybridized carbons (Fsp3) is 0.257. The molecule has 1 N–H and O–H groups in total. The van der Waals surface area contributed by atoms with Crippen molar-refractivity contribution >= 4 is 23.7 Å². The van der Waals surface area contributed by atoms with Crippen molar-refractivity contribution in [2.75, 3.05) is 32.8 Å². The standard InChI is InChI=1S/C35H37ClN4O3/c1-2-42-34-22-29(13-16-33(34)43-26-30-9-6-10-32(36)21-30)23-37-38-35(41)31-14-11-28(12-15-31)25-40-19-17-39(18-20-40)24-27-7-4-3-5-8-27/h3-16,21-23H,2,17-20,24-26H2,1H3,(H,38,41)/b37-23-. The summed E-state index contributed by atoms with van der Waals surface area (Å²) in [6.45, 7) is 8.82. The van der Waals surface area contributed by atoms with Crippen molar-refractivity contribution in [2.24, 2.45) is 5.10 Å². The number of nitrogens with one attached hydrogen (secondary N) is 1. The number of hydrogen-bond donors (Lipinski definition) is 1. The summed E-state index contributed by atoms with van der Waals surface area (Å²) in [5.41, 5.74) is 7.48. The fourth-order valence-electron chi connectivity index (χ4n) is 4.98. The predicted molar refractivity (Wildman–Crippen MR) is 172 cm³/mol. The first-order chi connectivity index (χ1) is 21.1. The minimum atomic E-state index is -0.260. The molecule has 1 aliphatic heterocycles. The normalized spacial score (nSPS) is 14.1. The zero-order valence-corrected chi connectivity index (χ0v) is 25.2. The van der Waals surface area contributed by atoms with Gasteiger partial charge in [0.15, 0.2) is 11.5 Å². The van der Waals surface area contributed by atoms with Gasteiger partial charge in [-0.05, 0) is 71.6 Å². The van der Waals surface area contributed by atoms with Gasteiger partial charge in [0.1, 0.15) is 6.61 Å². The fourth-order valence-corrected chi connectivity index (χ4v) is 5.19. The first-order valence-electron chi connectivity index (χ1n) is 14.6. The van der Waals surface area contributed by atoms with Crippen molar-refractivity contribution < 1.29 is 14.3 Å². The van der Waals surface area contributed by atoms with Crippen LogP contribution in [0.3, 0.4) is 0 Å². The summed E-state index contributed by atoms with van der Waals surface area (Å²) < 4.78 is 11.7. The van der Waals surface area contributed by atoms with E-state index in [0.29, 0.717) is 35.3 Å². The number of hydrazone groups is 1. The van der Waals surface area contributed by atoms with Crippen LogP contribution in [0.2, 0.25) is 5.02 Å². The van der Waals surface area contributed by atoms with Crippen LogP contribution < -0.4 is 14.9 Å². The zero-order valence-electron chi connectivity index (χ0n) is 24.4. The molecule has 0 aromatic heterocycles. The minimum Gasteiger partial charge on any atom is -0.490 e. The topological polar surface area (TPSA) is 66.4 Å². The second-order valence-corrected chi connectivity index (χ2v) is 10.9. The lowest BCUT2D eigenvalue weighted by Crippen LogP contribution is -2.45. The molecule has 4 aromatic carbocycles. The van der Waals surface area contributed by atoms with E-state index < -0.39 is 0 Å². The van der Waals surface area contributed by atoms with E-state index in [1.807, 2.05) is 73.7 Å². The average Bonchev–Trinajstić information content (AvgIpc) is 3.03. The molecule has 1 heterocycles. The first kappa shape index (κ1) is 30.3. The van der Waals surface area contributed by atoms with Crippen LogP contribution in [-0.4, -0.2) is 54.7 Å². The lowest BCUT2D eigenvalue weighted by atomic mass is 10.1. The summed E-state index contributed by atoms with van der Waals surface area (Å²) >= 11 is 6.08. The predicted octanol–water partition coefficient (Wildman–Crippen LogP) is 6.40. The monoisotopic (exact) mass is 596 g/mol. The number of nitrogens with zero attached hydrogens (tertiary/aromatic N) is 3. The Balaban J connectivity index is 1.09. The van der Waals surface area contributed by atoms with Gasteiger partial charge in [-0.1, -0.05) is 66.2 Å². The Morgan fingerprint density at radius 1 is 0.791 bits per heavy atom. The SMILES string of the molecule is CCOc1cc(/C=N\NC(=O)c2ccc(CN3CCN(Cc4ccccc4)CC3)cc2)ccc1OCc1cccc(Cl)c1. The Kier molecular flexibility index (Phi) is 10.8. The van der Waals surface area contributed by atoms with Crippen molar-refractivity contribution in [3.8, 4) is 11.5 Å². The molecule has 0 aliphatic carbocycles. The van der Waals surface area contributed by atoms with Gasteiger partial charge in [-0.2, -0.15) is 5.10 Å². The largest absolute Gasteiger partial charge is 0.490 e. The van der Waals surface area contributed by atoms with Crippen LogP contribution in [0.4, 0.5) is 0 Å². The summed E-state index contributed by atoms with van der Waals surface area (Å²) in [6, 6.07) is 31.5. The molecule has 1 aliphatic rings. The molecular weight excluding hydrogens is 560 g/mol. The number of carbonyl (C=O) groups is 1. The Bertz CT molecular complexity index is 1500. The Labute approximate surface area is 258 Å². The van der Waals surface area contributed by atoms with E-state index in [1.54, 1.807) is 6.21 Å². The van der Waals surface area contributed by atoms with Crippen molar-refractivity contribution in [2.45, 2.75) is 26.6 Å². The van der Waals surface area contributed by atoms with Gasteiger partial charge in [0, 0.05) is 49.9 Å². The summed E-state index contributed by atoms with van der Waals surface area (Å²) in [5, 5.41) is 4.82. The number of amides is 1. The van der Waals surface area contributed by atoms with Crippen molar-refractivity contribution in [1.29, 1.82) is 0 Å². The number of ether oxygens (including phenoxy) is 2. The molecule has 4 aromatic rings. The van der Waals surface area contributed by atoms with Gasteiger partial charge in [0.05, 0.1) is 12.8 Å². The molecule has 0 spiro atoms. The molecule has 5 rings (SSSR count). The van der Waals surface area contributed by atoms with Crippen LogP contribution in [0.1, 0.15) is 39.5 Å². The van der Waals surface area contributed by atoms with Crippen LogP contribution in [0.25, 0.3) is 0 Å². The highest BCUT2D eigenvalue weighted by Crippen LogP contribution is 2.29. The van der Waals surface area contributed by atoms with Gasteiger partial charge in [-0.15, -0.1) is 0 Å². The molecule has 222 valence electrons. The maximum Gasteiger partial charge on any atom is 0.271 e. The van der Waals surface area contributed by atoms with Gasteiger partial charge in [-0.3, -0.25) is 14.6 Å². The quantitative estimate of drug-likeness (QED) is 0.151. The minimum absolute atomic E-state index is 0.260. The molecule has 0 unspecified atom stereocenters. The van der Waals surface area contributed by atoms with E-state index in [9.17, 15) is 4.79 Å². The van der Waals surface area contributed by atoms with Crippen molar-refractivity contribution in [3.63, 3.8) is 0 Å². The lowest BCUT2D eigenvalue weighted by molar-refractivity contribution is 0.0955. The summed E-state index contributed by atoms with van der Waals surface area (Å²) in [4.78, 5) is 17.7. The number of halogens is 1.